The van der Waals surface area contributed by atoms with E-state index in [9.17, 15) is 0 Å². The van der Waals surface area contributed by atoms with E-state index in [-0.39, 0.29) is 5.95 Å². The zero-order valence-electron chi connectivity index (χ0n) is 9.92. The molecular formula is C11H15N5O. The number of methoxy groups -OCH3 is 1. The van der Waals surface area contributed by atoms with Gasteiger partial charge in [-0.1, -0.05) is 6.92 Å². The number of nitrogens with two attached hydrogens (primary N) is 1. The molecule has 1 fully saturated rings. The van der Waals surface area contributed by atoms with Gasteiger partial charge in [-0.05, 0) is 18.8 Å². The summed E-state index contributed by atoms with van der Waals surface area (Å²) in [5.74, 6) is 1.45. The van der Waals surface area contributed by atoms with Crippen molar-refractivity contribution in [3.05, 3.63) is 6.33 Å². The molecule has 6 nitrogen and oxygen atoms in total. The van der Waals surface area contributed by atoms with Crippen molar-refractivity contribution in [2.45, 2.75) is 25.8 Å². The largest absolute Gasteiger partial charge is 0.479 e. The predicted molar refractivity (Wildman–Crippen MR) is 63.7 cm³/mol. The van der Waals surface area contributed by atoms with Crippen LogP contribution in [0.2, 0.25) is 0 Å². The lowest BCUT2D eigenvalue weighted by molar-refractivity contribution is 0.220. The SMILES string of the molecule is COc1nc(N)nc2c1ncn2C1CC(C)C1. The molecule has 17 heavy (non-hydrogen) atoms. The molecule has 2 aromatic heterocycles. The van der Waals surface area contributed by atoms with Crippen molar-refractivity contribution in [2.24, 2.45) is 5.92 Å². The fourth-order valence-electron chi connectivity index (χ4n) is 2.40. The number of rotatable bonds is 2. The van der Waals surface area contributed by atoms with E-state index in [1.54, 1.807) is 13.4 Å². The van der Waals surface area contributed by atoms with Crippen LogP contribution < -0.4 is 10.5 Å². The second-order valence-corrected chi connectivity index (χ2v) is 4.65. The number of hydrogen-bond donors (Lipinski definition) is 1. The minimum atomic E-state index is 0.225. The molecule has 90 valence electrons. The lowest BCUT2D eigenvalue weighted by Gasteiger charge is -2.33. The molecule has 1 saturated carbocycles. The molecule has 1 aliphatic carbocycles. The van der Waals surface area contributed by atoms with Crippen molar-refractivity contribution >= 4 is 17.1 Å². The molecule has 0 aromatic carbocycles. The van der Waals surface area contributed by atoms with Crippen LogP contribution in [0, 0.1) is 5.92 Å². The lowest BCUT2D eigenvalue weighted by atomic mass is 9.82. The molecule has 0 amide bonds. The third kappa shape index (κ3) is 1.51. The molecule has 0 unspecified atom stereocenters. The van der Waals surface area contributed by atoms with Gasteiger partial charge in [-0.3, -0.25) is 0 Å². The summed E-state index contributed by atoms with van der Waals surface area (Å²) in [6, 6.07) is 0.481. The highest BCUT2D eigenvalue weighted by molar-refractivity contribution is 5.77. The molecule has 2 heterocycles. The first-order chi connectivity index (χ1) is 8.19. The van der Waals surface area contributed by atoms with E-state index in [2.05, 4.69) is 26.4 Å². The third-order valence-corrected chi connectivity index (χ3v) is 3.34. The quantitative estimate of drug-likeness (QED) is 0.847. The number of aromatic nitrogens is 4. The summed E-state index contributed by atoms with van der Waals surface area (Å²) in [6.45, 7) is 2.25. The first-order valence-corrected chi connectivity index (χ1v) is 5.73. The monoisotopic (exact) mass is 233 g/mol. The minimum Gasteiger partial charge on any atom is -0.479 e. The van der Waals surface area contributed by atoms with E-state index in [0.717, 1.165) is 24.4 Å². The van der Waals surface area contributed by atoms with Gasteiger partial charge in [-0.25, -0.2) is 4.98 Å². The maximum Gasteiger partial charge on any atom is 0.246 e. The Morgan fingerprint density at radius 2 is 2.18 bits per heavy atom. The Morgan fingerprint density at radius 3 is 2.82 bits per heavy atom. The Labute approximate surface area is 98.8 Å². The minimum absolute atomic E-state index is 0.225. The molecular weight excluding hydrogens is 218 g/mol. The Morgan fingerprint density at radius 1 is 1.41 bits per heavy atom. The smallest absolute Gasteiger partial charge is 0.246 e. The third-order valence-electron chi connectivity index (χ3n) is 3.34. The summed E-state index contributed by atoms with van der Waals surface area (Å²) in [6.07, 6.45) is 4.13. The van der Waals surface area contributed by atoms with Crippen molar-refractivity contribution in [2.75, 3.05) is 12.8 Å². The second-order valence-electron chi connectivity index (χ2n) is 4.65. The maximum absolute atomic E-state index is 5.67. The Kier molecular flexibility index (Phi) is 2.17. The number of nitrogens with zero attached hydrogens (tertiary/aromatic N) is 4. The molecule has 0 radical (unpaired) electrons. The van der Waals surface area contributed by atoms with E-state index in [0.29, 0.717) is 17.4 Å². The standard InChI is InChI=1S/C11H15N5O/c1-6-3-7(4-6)16-5-13-8-9(16)14-11(12)15-10(8)17-2/h5-7H,3-4H2,1-2H3,(H2,12,14,15). The summed E-state index contributed by atoms with van der Waals surface area (Å²) >= 11 is 0. The average molecular weight is 233 g/mol. The van der Waals surface area contributed by atoms with Crippen LogP contribution >= 0.6 is 0 Å². The first-order valence-electron chi connectivity index (χ1n) is 5.73. The number of imidazole rings is 1. The summed E-state index contributed by atoms with van der Waals surface area (Å²) in [7, 11) is 1.56. The fourth-order valence-corrected chi connectivity index (χ4v) is 2.40. The van der Waals surface area contributed by atoms with Gasteiger partial charge in [0.2, 0.25) is 11.8 Å². The van der Waals surface area contributed by atoms with E-state index in [1.165, 1.54) is 0 Å². The van der Waals surface area contributed by atoms with E-state index in [4.69, 9.17) is 10.5 Å². The summed E-state index contributed by atoms with van der Waals surface area (Å²) in [4.78, 5) is 12.6. The van der Waals surface area contributed by atoms with Crippen molar-refractivity contribution in [3.63, 3.8) is 0 Å². The topological polar surface area (TPSA) is 78.8 Å². The molecule has 1 aliphatic rings. The average Bonchev–Trinajstić information content (AvgIpc) is 2.67. The Balaban J connectivity index is 2.11. The van der Waals surface area contributed by atoms with Gasteiger partial charge in [0.1, 0.15) is 0 Å². The van der Waals surface area contributed by atoms with Gasteiger partial charge in [-0.15, -0.1) is 0 Å². The summed E-state index contributed by atoms with van der Waals surface area (Å²) in [5.41, 5.74) is 7.12. The highest BCUT2D eigenvalue weighted by atomic mass is 16.5. The van der Waals surface area contributed by atoms with Gasteiger partial charge in [0.15, 0.2) is 11.2 Å². The number of ether oxygens (including phenoxy) is 1. The van der Waals surface area contributed by atoms with Crippen LogP contribution in [0.25, 0.3) is 11.2 Å². The Hall–Kier alpha value is -1.85. The molecule has 0 bridgehead atoms. The number of hydrogen-bond acceptors (Lipinski definition) is 5. The number of anilines is 1. The Bertz CT molecular complexity index is 558. The zero-order valence-corrected chi connectivity index (χ0v) is 9.92. The van der Waals surface area contributed by atoms with Crippen molar-refractivity contribution < 1.29 is 4.74 Å². The van der Waals surface area contributed by atoms with Gasteiger partial charge in [0.25, 0.3) is 0 Å². The fraction of sp³-hybridized carbons (Fsp3) is 0.545. The van der Waals surface area contributed by atoms with Crippen molar-refractivity contribution in [3.8, 4) is 5.88 Å². The summed E-state index contributed by atoms with van der Waals surface area (Å²) in [5, 5.41) is 0. The highest BCUT2D eigenvalue weighted by Crippen LogP contribution is 2.39. The van der Waals surface area contributed by atoms with Crippen LogP contribution in [-0.2, 0) is 0 Å². The molecule has 6 heteroatoms. The van der Waals surface area contributed by atoms with Crippen molar-refractivity contribution in [1.82, 2.24) is 19.5 Å². The van der Waals surface area contributed by atoms with Gasteiger partial charge in [0, 0.05) is 6.04 Å². The maximum atomic E-state index is 5.67. The van der Waals surface area contributed by atoms with Crippen LogP contribution in [0.4, 0.5) is 5.95 Å². The van der Waals surface area contributed by atoms with Crippen LogP contribution in [0.5, 0.6) is 5.88 Å². The molecule has 2 N–H and O–H groups in total. The van der Waals surface area contributed by atoms with Crippen LogP contribution in [0.1, 0.15) is 25.8 Å². The molecule has 0 saturated heterocycles. The molecule has 0 aliphatic heterocycles. The van der Waals surface area contributed by atoms with Crippen LogP contribution in [-0.4, -0.2) is 26.6 Å². The zero-order chi connectivity index (χ0) is 12.0. The molecule has 3 rings (SSSR count). The van der Waals surface area contributed by atoms with Gasteiger partial charge in [0.05, 0.1) is 13.4 Å². The number of fused-ring (bicyclic) bond motifs is 1. The van der Waals surface area contributed by atoms with Crippen molar-refractivity contribution in [1.29, 1.82) is 0 Å². The van der Waals surface area contributed by atoms with E-state index in [1.807, 2.05) is 0 Å². The number of nitrogen functional groups attached to an aromatic ring is 1. The first kappa shape index (κ1) is 10.3. The molecule has 2 aromatic rings. The predicted octanol–water partition coefficient (Wildman–Crippen LogP) is 1.39. The van der Waals surface area contributed by atoms with Crippen LogP contribution in [0.3, 0.4) is 0 Å². The van der Waals surface area contributed by atoms with Crippen LogP contribution in [0.15, 0.2) is 6.33 Å². The van der Waals surface area contributed by atoms with Gasteiger partial charge >= 0.3 is 0 Å². The summed E-state index contributed by atoms with van der Waals surface area (Å²) < 4.78 is 7.25. The molecule has 0 atom stereocenters. The second kappa shape index (κ2) is 3.58. The lowest BCUT2D eigenvalue weighted by Crippen LogP contribution is -2.24. The van der Waals surface area contributed by atoms with E-state index >= 15 is 0 Å². The van der Waals surface area contributed by atoms with Gasteiger partial charge < -0.3 is 15.0 Å². The van der Waals surface area contributed by atoms with E-state index < -0.39 is 0 Å². The normalized spacial score (nSPS) is 23.6. The highest BCUT2D eigenvalue weighted by Gasteiger charge is 2.29. The van der Waals surface area contributed by atoms with Gasteiger partial charge in [-0.2, -0.15) is 9.97 Å². The molecule has 0 spiro atoms.